The molecule has 7 heteroatoms. The number of rotatable bonds is 5. The molecule has 3 heterocycles. The Morgan fingerprint density at radius 3 is 2.93 bits per heavy atom. The highest BCUT2D eigenvalue weighted by molar-refractivity contribution is 5.91. The number of piperidine rings is 1. The summed E-state index contributed by atoms with van der Waals surface area (Å²) in [5.74, 6) is 2.49. The van der Waals surface area contributed by atoms with Crippen LogP contribution in [0.25, 0.3) is 6.08 Å². The third-order valence-electron chi connectivity index (χ3n) is 5.21. The zero-order valence-corrected chi connectivity index (χ0v) is 16.0. The van der Waals surface area contributed by atoms with Crippen LogP contribution in [0.5, 0.6) is 11.5 Å². The maximum atomic E-state index is 12.2. The first kappa shape index (κ1) is 18.8. The van der Waals surface area contributed by atoms with Crippen LogP contribution in [0.2, 0.25) is 0 Å². The number of hydrogen-bond acceptors (Lipinski definition) is 6. The van der Waals surface area contributed by atoms with E-state index in [-0.39, 0.29) is 12.7 Å². The minimum Gasteiger partial charge on any atom is -0.454 e. The predicted octanol–water partition coefficient (Wildman–Crippen LogP) is 2.73. The van der Waals surface area contributed by atoms with Crippen molar-refractivity contribution < 1.29 is 14.3 Å². The summed E-state index contributed by atoms with van der Waals surface area (Å²) in [6.45, 7) is 2.55. The maximum absolute atomic E-state index is 12.2. The zero-order chi connectivity index (χ0) is 20.1. The van der Waals surface area contributed by atoms with Crippen LogP contribution < -0.4 is 19.7 Å². The zero-order valence-electron chi connectivity index (χ0n) is 16.0. The molecule has 4 rings (SSSR count). The Kier molecular flexibility index (Phi) is 5.61. The molecule has 0 spiro atoms. The molecule has 29 heavy (non-hydrogen) atoms. The van der Waals surface area contributed by atoms with Crippen molar-refractivity contribution in [2.24, 2.45) is 5.92 Å². The van der Waals surface area contributed by atoms with Gasteiger partial charge in [0.2, 0.25) is 12.7 Å². The molecule has 2 aliphatic rings. The fourth-order valence-electron chi connectivity index (χ4n) is 3.58. The molecule has 1 aromatic heterocycles. The van der Waals surface area contributed by atoms with E-state index in [1.807, 2.05) is 18.2 Å². The van der Waals surface area contributed by atoms with E-state index in [1.165, 1.54) is 0 Å². The van der Waals surface area contributed by atoms with Crippen molar-refractivity contribution in [3.8, 4) is 17.6 Å². The number of benzene rings is 1. The van der Waals surface area contributed by atoms with Crippen LogP contribution in [-0.4, -0.2) is 37.3 Å². The van der Waals surface area contributed by atoms with Crippen molar-refractivity contribution in [2.75, 3.05) is 31.3 Å². The van der Waals surface area contributed by atoms with Crippen molar-refractivity contribution in [2.45, 2.75) is 12.8 Å². The molecule has 2 aliphatic heterocycles. The van der Waals surface area contributed by atoms with E-state index in [9.17, 15) is 10.1 Å². The lowest BCUT2D eigenvalue weighted by Crippen LogP contribution is -2.39. The lowest BCUT2D eigenvalue weighted by atomic mass is 9.96. The van der Waals surface area contributed by atoms with Crippen LogP contribution in [0.3, 0.4) is 0 Å². The summed E-state index contributed by atoms with van der Waals surface area (Å²) in [4.78, 5) is 18.7. The standard InChI is InChI=1S/C22H22N4O3/c23-13-18-2-1-9-24-22(18)26-10-7-17(8-11-26)14-25-21(27)6-4-16-3-5-19-20(12-16)29-15-28-19/h1-6,9,12,17H,7-8,10-11,14-15H2,(H,25,27). The van der Waals surface area contributed by atoms with Gasteiger partial charge in [0.1, 0.15) is 11.9 Å². The maximum Gasteiger partial charge on any atom is 0.244 e. The second kappa shape index (κ2) is 8.65. The van der Waals surface area contributed by atoms with Crippen LogP contribution in [0, 0.1) is 17.2 Å². The minimum absolute atomic E-state index is 0.110. The first-order valence-electron chi connectivity index (χ1n) is 9.68. The Bertz CT molecular complexity index is 959. The lowest BCUT2D eigenvalue weighted by molar-refractivity contribution is -0.116. The Hall–Kier alpha value is -3.53. The topological polar surface area (TPSA) is 87.5 Å². The molecule has 1 fully saturated rings. The normalized spacial score (nSPS) is 16.0. The summed E-state index contributed by atoms with van der Waals surface area (Å²) in [5, 5.41) is 12.2. The number of aromatic nitrogens is 1. The quantitative estimate of drug-likeness (QED) is 0.790. The fourth-order valence-corrected chi connectivity index (χ4v) is 3.58. The van der Waals surface area contributed by atoms with Crippen molar-refractivity contribution in [1.82, 2.24) is 10.3 Å². The molecule has 0 bridgehead atoms. The van der Waals surface area contributed by atoms with Gasteiger partial charge < -0.3 is 19.7 Å². The van der Waals surface area contributed by atoms with Gasteiger partial charge in [0.05, 0.1) is 5.56 Å². The summed E-state index contributed by atoms with van der Waals surface area (Å²) in [6, 6.07) is 11.4. The summed E-state index contributed by atoms with van der Waals surface area (Å²) in [5.41, 5.74) is 1.49. The number of ether oxygens (including phenoxy) is 2. The van der Waals surface area contributed by atoms with Gasteiger partial charge >= 0.3 is 0 Å². The van der Waals surface area contributed by atoms with Crippen molar-refractivity contribution in [3.63, 3.8) is 0 Å². The highest BCUT2D eigenvalue weighted by atomic mass is 16.7. The van der Waals surface area contributed by atoms with E-state index in [1.54, 1.807) is 30.5 Å². The molecule has 1 N–H and O–H groups in total. The van der Waals surface area contributed by atoms with Crippen LogP contribution in [0.1, 0.15) is 24.0 Å². The van der Waals surface area contributed by atoms with Gasteiger partial charge in [-0.05, 0) is 54.7 Å². The van der Waals surface area contributed by atoms with E-state index >= 15 is 0 Å². The molecule has 2 aromatic rings. The van der Waals surface area contributed by atoms with Crippen molar-refractivity contribution in [3.05, 3.63) is 53.7 Å². The highest BCUT2D eigenvalue weighted by Gasteiger charge is 2.22. The number of hydrogen-bond donors (Lipinski definition) is 1. The molecule has 0 aliphatic carbocycles. The smallest absolute Gasteiger partial charge is 0.244 e. The number of nitrogens with zero attached hydrogens (tertiary/aromatic N) is 3. The van der Waals surface area contributed by atoms with E-state index in [0.29, 0.717) is 23.8 Å². The van der Waals surface area contributed by atoms with E-state index in [4.69, 9.17) is 9.47 Å². The molecule has 1 saturated heterocycles. The molecular weight excluding hydrogens is 368 g/mol. The van der Waals surface area contributed by atoms with Gasteiger partial charge in [-0.3, -0.25) is 4.79 Å². The molecule has 0 atom stereocenters. The van der Waals surface area contributed by atoms with E-state index in [0.717, 1.165) is 43.1 Å². The third-order valence-corrected chi connectivity index (χ3v) is 5.21. The molecule has 7 nitrogen and oxygen atoms in total. The summed E-state index contributed by atoms with van der Waals surface area (Å²) in [7, 11) is 0. The number of nitriles is 1. The fraction of sp³-hybridized carbons (Fsp3) is 0.318. The van der Waals surface area contributed by atoms with Gasteiger partial charge in [-0.25, -0.2) is 4.98 Å². The molecule has 0 saturated carbocycles. The summed E-state index contributed by atoms with van der Waals surface area (Å²) in [6.07, 6.45) is 6.93. The highest BCUT2D eigenvalue weighted by Crippen LogP contribution is 2.32. The van der Waals surface area contributed by atoms with E-state index in [2.05, 4.69) is 21.3 Å². The summed E-state index contributed by atoms with van der Waals surface area (Å²) < 4.78 is 10.6. The number of nitrogens with one attached hydrogen (secondary N) is 1. The van der Waals surface area contributed by atoms with Crippen LogP contribution in [0.15, 0.2) is 42.6 Å². The van der Waals surface area contributed by atoms with Crippen molar-refractivity contribution >= 4 is 17.8 Å². The number of anilines is 1. The van der Waals surface area contributed by atoms with Gasteiger partial charge in [-0.1, -0.05) is 6.07 Å². The average molecular weight is 390 g/mol. The van der Waals surface area contributed by atoms with Gasteiger partial charge in [0.15, 0.2) is 11.5 Å². The Labute approximate surface area is 169 Å². The van der Waals surface area contributed by atoms with E-state index < -0.39 is 0 Å². The second-order valence-electron chi connectivity index (χ2n) is 7.11. The van der Waals surface area contributed by atoms with Crippen molar-refractivity contribution in [1.29, 1.82) is 5.26 Å². The largest absolute Gasteiger partial charge is 0.454 e. The van der Waals surface area contributed by atoms with Gasteiger partial charge in [0, 0.05) is 31.9 Å². The average Bonchev–Trinajstić information content (AvgIpc) is 3.24. The SMILES string of the molecule is N#Cc1cccnc1N1CCC(CNC(=O)C=Cc2ccc3c(c2)OCO3)CC1. The Morgan fingerprint density at radius 1 is 1.28 bits per heavy atom. The molecule has 148 valence electrons. The second-order valence-corrected chi connectivity index (χ2v) is 7.11. The number of pyridine rings is 1. The molecule has 1 amide bonds. The van der Waals surface area contributed by atoms with Gasteiger partial charge in [-0.2, -0.15) is 5.26 Å². The molecule has 1 aromatic carbocycles. The molecule has 0 unspecified atom stereocenters. The number of fused-ring (bicyclic) bond motifs is 1. The first-order chi connectivity index (χ1) is 14.2. The lowest BCUT2D eigenvalue weighted by Gasteiger charge is -2.33. The number of amides is 1. The number of carbonyl (C=O) groups excluding carboxylic acids is 1. The van der Waals surface area contributed by atoms with Gasteiger partial charge in [-0.15, -0.1) is 0 Å². The Balaban J connectivity index is 1.24. The summed E-state index contributed by atoms with van der Waals surface area (Å²) >= 11 is 0. The number of carbonyl (C=O) groups is 1. The van der Waals surface area contributed by atoms with Gasteiger partial charge in [0.25, 0.3) is 0 Å². The van der Waals surface area contributed by atoms with Crippen LogP contribution in [0.4, 0.5) is 5.82 Å². The minimum atomic E-state index is -0.110. The molecule has 0 radical (unpaired) electrons. The monoisotopic (exact) mass is 390 g/mol. The Morgan fingerprint density at radius 2 is 2.10 bits per heavy atom. The third kappa shape index (κ3) is 4.49. The predicted molar refractivity (Wildman–Crippen MR) is 108 cm³/mol. The van der Waals surface area contributed by atoms with Crippen LogP contribution in [-0.2, 0) is 4.79 Å². The molecular formula is C22H22N4O3. The van der Waals surface area contributed by atoms with Crippen LogP contribution >= 0.6 is 0 Å². The first-order valence-corrected chi connectivity index (χ1v) is 9.68.